The molecule has 2 fully saturated rings. The van der Waals surface area contributed by atoms with Gasteiger partial charge in [0.1, 0.15) is 6.54 Å². The number of hydrogen-bond donors (Lipinski definition) is 0. The summed E-state index contributed by atoms with van der Waals surface area (Å²) in [4.78, 5) is 29.0. The van der Waals surface area contributed by atoms with Crippen molar-refractivity contribution in [2.45, 2.75) is 43.9 Å². The summed E-state index contributed by atoms with van der Waals surface area (Å²) in [5.41, 5.74) is 2.32. The molecule has 0 aromatic heterocycles. The highest BCUT2D eigenvalue weighted by atomic mass is 16.5. The second-order valence-corrected chi connectivity index (χ2v) is 7.52. The molecule has 134 valence electrons. The van der Waals surface area contributed by atoms with E-state index in [2.05, 4.69) is 12.1 Å². The van der Waals surface area contributed by atoms with E-state index in [9.17, 15) is 9.59 Å². The fourth-order valence-electron chi connectivity index (χ4n) is 4.50. The Hall–Kier alpha value is -1.88. The number of para-hydroxylation sites is 1. The van der Waals surface area contributed by atoms with Gasteiger partial charge in [0, 0.05) is 43.8 Å². The smallest absolute Gasteiger partial charge is 0.246 e. The molecule has 0 atom stereocenters. The topological polar surface area (TPSA) is 49.9 Å². The molecule has 25 heavy (non-hydrogen) atoms. The molecule has 2 amide bonds. The lowest BCUT2D eigenvalue weighted by Gasteiger charge is -2.34. The van der Waals surface area contributed by atoms with Gasteiger partial charge in [-0.1, -0.05) is 24.6 Å². The van der Waals surface area contributed by atoms with Crippen LogP contribution in [0.5, 0.6) is 0 Å². The van der Waals surface area contributed by atoms with Gasteiger partial charge in [0.2, 0.25) is 11.8 Å². The van der Waals surface area contributed by atoms with Crippen LogP contribution in [0.4, 0.5) is 5.69 Å². The minimum atomic E-state index is 0.0211. The molecule has 1 aromatic rings. The van der Waals surface area contributed by atoms with Crippen molar-refractivity contribution in [3.63, 3.8) is 0 Å². The summed E-state index contributed by atoms with van der Waals surface area (Å²) in [6, 6.07) is 8.25. The monoisotopic (exact) mass is 342 g/mol. The number of anilines is 1. The van der Waals surface area contributed by atoms with E-state index in [4.69, 9.17) is 4.74 Å². The summed E-state index contributed by atoms with van der Waals surface area (Å²) in [6.45, 7) is 3.14. The summed E-state index contributed by atoms with van der Waals surface area (Å²) in [5, 5.41) is 0. The quantitative estimate of drug-likeness (QED) is 0.830. The van der Waals surface area contributed by atoms with E-state index in [0.717, 1.165) is 57.6 Å². The molecule has 3 heterocycles. The van der Waals surface area contributed by atoms with E-state index in [0.29, 0.717) is 13.0 Å². The lowest BCUT2D eigenvalue weighted by Crippen LogP contribution is -2.45. The first-order chi connectivity index (χ1) is 12.2. The Labute approximate surface area is 148 Å². The average molecular weight is 342 g/mol. The van der Waals surface area contributed by atoms with Crippen LogP contribution in [-0.2, 0) is 19.7 Å². The van der Waals surface area contributed by atoms with Crippen molar-refractivity contribution in [1.29, 1.82) is 0 Å². The fraction of sp³-hybridized carbons (Fsp3) is 0.600. The van der Waals surface area contributed by atoms with Crippen molar-refractivity contribution in [3.8, 4) is 0 Å². The Morgan fingerprint density at radius 2 is 1.92 bits per heavy atom. The zero-order valence-corrected chi connectivity index (χ0v) is 14.7. The Bertz CT molecular complexity index is 667. The number of carbonyl (C=O) groups is 2. The minimum absolute atomic E-state index is 0.0211. The number of nitrogens with zero attached hydrogens (tertiary/aromatic N) is 2. The molecule has 3 aliphatic heterocycles. The maximum absolute atomic E-state index is 13.1. The van der Waals surface area contributed by atoms with Crippen LogP contribution in [0.25, 0.3) is 0 Å². The Kier molecular flexibility index (Phi) is 4.50. The van der Waals surface area contributed by atoms with Crippen LogP contribution in [0.2, 0.25) is 0 Å². The number of carbonyl (C=O) groups excluding carboxylic acids is 2. The summed E-state index contributed by atoms with van der Waals surface area (Å²) >= 11 is 0. The van der Waals surface area contributed by atoms with Gasteiger partial charge in [-0.2, -0.15) is 0 Å². The van der Waals surface area contributed by atoms with Gasteiger partial charge in [0.05, 0.1) is 0 Å². The van der Waals surface area contributed by atoms with Crippen LogP contribution < -0.4 is 4.90 Å². The highest BCUT2D eigenvalue weighted by molar-refractivity contribution is 5.99. The lowest BCUT2D eigenvalue weighted by atomic mass is 9.76. The third kappa shape index (κ3) is 3.06. The van der Waals surface area contributed by atoms with Crippen LogP contribution in [0.1, 0.15) is 44.1 Å². The maximum atomic E-state index is 13.1. The Balaban J connectivity index is 1.56. The molecule has 0 N–H and O–H groups in total. The molecule has 0 saturated carbocycles. The first-order valence-corrected chi connectivity index (χ1v) is 9.45. The summed E-state index contributed by atoms with van der Waals surface area (Å²) in [7, 11) is 0. The van der Waals surface area contributed by atoms with Gasteiger partial charge in [-0.15, -0.1) is 0 Å². The van der Waals surface area contributed by atoms with E-state index in [-0.39, 0.29) is 23.8 Å². The lowest BCUT2D eigenvalue weighted by molar-refractivity contribution is -0.134. The summed E-state index contributed by atoms with van der Waals surface area (Å²) in [6.07, 6.45) is 5.50. The molecule has 0 radical (unpaired) electrons. The number of benzene rings is 1. The fourth-order valence-corrected chi connectivity index (χ4v) is 4.50. The molecule has 0 unspecified atom stereocenters. The van der Waals surface area contributed by atoms with E-state index < -0.39 is 0 Å². The van der Waals surface area contributed by atoms with Crippen LogP contribution in [-0.4, -0.2) is 49.6 Å². The van der Waals surface area contributed by atoms with Crippen molar-refractivity contribution in [2.75, 3.05) is 37.7 Å². The van der Waals surface area contributed by atoms with Gasteiger partial charge in [0.25, 0.3) is 0 Å². The number of amides is 2. The van der Waals surface area contributed by atoms with Gasteiger partial charge in [-0.25, -0.2) is 0 Å². The molecular formula is C20H26N2O3. The largest absolute Gasteiger partial charge is 0.381 e. The zero-order valence-electron chi connectivity index (χ0n) is 14.7. The number of likely N-dealkylation sites (tertiary alicyclic amines) is 1. The molecule has 1 aromatic carbocycles. The Morgan fingerprint density at radius 1 is 1.12 bits per heavy atom. The highest BCUT2D eigenvalue weighted by Gasteiger charge is 2.45. The minimum Gasteiger partial charge on any atom is -0.381 e. The standard InChI is InChI=1S/C20H26N2O3/c23-18-8-2-1-5-11-21(18)14-19(24)22-15-20(9-12-25-13-10-20)16-6-3-4-7-17(16)22/h3-4,6-7H,1-2,5,8-15H2. The number of hydrogen-bond acceptors (Lipinski definition) is 3. The zero-order chi connectivity index (χ0) is 17.3. The molecule has 3 aliphatic rings. The number of fused-ring (bicyclic) bond motifs is 2. The van der Waals surface area contributed by atoms with Crippen LogP contribution >= 0.6 is 0 Å². The third-order valence-electron chi connectivity index (χ3n) is 5.98. The molecule has 5 nitrogen and oxygen atoms in total. The number of ether oxygens (including phenoxy) is 1. The molecule has 5 heteroatoms. The summed E-state index contributed by atoms with van der Waals surface area (Å²) < 4.78 is 5.56. The van der Waals surface area contributed by atoms with Gasteiger partial charge in [0.15, 0.2) is 0 Å². The first-order valence-electron chi connectivity index (χ1n) is 9.45. The van der Waals surface area contributed by atoms with Gasteiger partial charge >= 0.3 is 0 Å². The molecule has 0 bridgehead atoms. The van der Waals surface area contributed by atoms with Crippen molar-refractivity contribution in [2.24, 2.45) is 0 Å². The summed E-state index contributed by atoms with van der Waals surface area (Å²) in [5.74, 6) is 0.171. The number of rotatable bonds is 2. The second-order valence-electron chi connectivity index (χ2n) is 7.52. The third-order valence-corrected chi connectivity index (χ3v) is 5.98. The predicted octanol–water partition coefficient (Wildman–Crippen LogP) is 2.48. The first kappa shape index (κ1) is 16.6. The maximum Gasteiger partial charge on any atom is 0.246 e. The molecule has 2 saturated heterocycles. The molecular weight excluding hydrogens is 316 g/mol. The van der Waals surface area contributed by atoms with Crippen LogP contribution in [0, 0.1) is 0 Å². The highest BCUT2D eigenvalue weighted by Crippen LogP contribution is 2.46. The van der Waals surface area contributed by atoms with Gasteiger partial charge < -0.3 is 14.5 Å². The van der Waals surface area contributed by atoms with E-state index in [1.807, 2.05) is 17.0 Å². The van der Waals surface area contributed by atoms with E-state index >= 15 is 0 Å². The van der Waals surface area contributed by atoms with Crippen molar-refractivity contribution in [1.82, 2.24) is 4.90 Å². The average Bonchev–Trinajstić information content (AvgIpc) is 2.80. The SMILES string of the molecule is O=C1CCCCCN1CC(=O)N1CC2(CCOCC2)c2ccccc21. The normalized spacial score (nSPS) is 22.8. The van der Waals surface area contributed by atoms with Crippen molar-refractivity contribution >= 4 is 17.5 Å². The van der Waals surface area contributed by atoms with Crippen molar-refractivity contribution < 1.29 is 14.3 Å². The molecule has 4 rings (SSSR count). The van der Waals surface area contributed by atoms with Gasteiger partial charge in [-0.05, 0) is 37.3 Å². The van der Waals surface area contributed by atoms with E-state index in [1.165, 1.54) is 5.56 Å². The van der Waals surface area contributed by atoms with Crippen LogP contribution in [0.15, 0.2) is 24.3 Å². The van der Waals surface area contributed by atoms with Crippen molar-refractivity contribution in [3.05, 3.63) is 29.8 Å². The predicted molar refractivity (Wildman–Crippen MR) is 95.6 cm³/mol. The Morgan fingerprint density at radius 3 is 2.76 bits per heavy atom. The van der Waals surface area contributed by atoms with Crippen LogP contribution in [0.3, 0.4) is 0 Å². The molecule has 1 spiro atoms. The molecule has 0 aliphatic carbocycles. The second kappa shape index (κ2) is 6.79. The van der Waals surface area contributed by atoms with E-state index in [1.54, 1.807) is 4.90 Å². The van der Waals surface area contributed by atoms with Gasteiger partial charge in [-0.3, -0.25) is 9.59 Å².